The van der Waals surface area contributed by atoms with Crippen molar-refractivity contribution in [1.29, 1.82) is 0 Å². The van der Waals surface area contributed by atoms with Gasteiger partial charge in [-0.15, -0.1) is 0 Å². The van der Waals surface area contributed by atoms with Crippen molar-refractivity contribution in [3.63, 3.8) is 0 Å². The fourth-order valence-corrected chi connectivity index (χ4v) is 2.01. The average Bonchev–Trinajstić information content (AvgIpc) is 2.27. The number of carbonyl (C=O) groups is 1. The van der Waals surface area contributed by atoms with Gasteiger partial charge in [-0.05, 0) is 11.8 Å². The van der Waals surface area contributed by atoms with Gasteiger partial charge in [-0.2, -0.15) is 0 Å². The van der Waals surface area contributed by atoms with Crippen molar-refractivity contribution in [2.75, 3.05) is 0 Å². The van der Waals surface area contributed by atoms with Gasteiger partial charge in [0.1, 0.15) is 5.82 Å². The molecule has 0 aromatic carbocycles. The number of carboxylic acids is 1. The van der Waals surface area contributed by atoms with Crippen LogP contribution in [-0.2, 0) is 10.2 Å². The Morgan fingerprint density at radius 1 is 1.21 bits per heavy atom. The summed E-state index contributed by atoms with van der Waals surface area (Å²) in [6.07, 6.45) is 4.25. The Labute approximate surface area is 115 Å². The Kier molecular flexibility index (Phi) is 4.33. The molecule has 1 rings (SSSR count). The van der Waals surface area contributed by atoms with Gasteiger partial charge in [-0.1, -0.05) is 41.5 Å². The molecule has 1 heterocycles. The number of carboxylic acid groups (broad SMARTS) is 1. The molecule has 1 aromatic rings. The summed E-state index contributed by atoms with van der Waals surface area (Å²) >= 11 is 0. The first kappa shape index (κ1) is 15.6. The molecule has 106 valence electrons. The van der Waals surface area contributed by atoms with Gasteiger partial charge in [-0.25, -0.2) is 9.97 Å². The van der Waals surface area contributed by atoms with Crippen LogP contribution < -0.4 is 0 Å². The normalized spacial score (nSPS) is 14.2. The molecule has 0 saturated carbocycles. The van der Waals surface area contributed by atoms with Crippen LogP contribution in [0.15, 0.2) is 12.4 Å². The summed E-state index contributed by atoms with van der Waals surface area (Å²) in [4.78, 5) is 20.2. The highest BCUT2D eigenvalue weighted by atomic mass is 16.4. The zero-order valence-corrected chi connectivity index (χ0v) is 12.7. The first-order valence-corrected chi connectivity index (χ1v) is 6.65. The molecule has 0 fully saturated rings. The fourth-order valence-electron chi connectivity index (χ4n) is 2.01. The molecular weight excluding hydrogens is 240 g/mol. The van der Waals surface area contributed by atoms with E-state index in [1.54, 1.807) is 12.4 Å². The maximum atomic E-state index is 11.4. The minimum absolute atomic E-state index is 0.0843. The third-order valence-electron chi connectivity index (χ3n) is 3.61. The van der Waals surface area contributed by atoms with E-state index in [4.69, 9.17) is 0 Å². The Morgan fingerprint density at radius 2 is 1.68 bits per heavy atom. The van der Waals surface area contributed by atoms with Gasteiger partial charge in [0.25, 0.3) is 0 Å². The standard InChI is InChI=1S/C15H24N2O2/c1-7-15(5,6)13-16-8-10(9-17-13)11(12(18)19)14(2,3)4/h8-9,11H,7H2,1-6H3,(H,18,19)/t11-/m0/s1. The van der Waals surface area contributed by atoms with E-state index in [1.165, 1.54) is 0 Å². The van der Waals surface area contributed by atoms with Crippen molar-refractivity contribution in [2.45, 2.75) is 59.3 Å². The molecule has 0 saturated heterocycles. The lowest BCUT2D eigenvalue weighted by Gasteiger charge is -2.27. The number of aliphatic carboxylic acids is 1. The van der Waals surface area contributed by atoms with Crippen LogP contribution in [0.4, 0.5) is 0 Å². The van der Waals surface area contributed by atoms with Gasteiger partial charge in [0, 0.05) is 23.4 Å². The summed E-state index contributed by atoms with van der Waals surface area (Å²) in [5.41, 5.74) is 0.214. The number of rotatable bonds is 4. The number of nitrogens with zero attached hydrogens (tertiary/aromatic N) is 2. The fraction of sp³-hybridized carbons (Fsp3) is 0.667. The van der Waals surface area contributed by atoms with Crippen molar-refractivity contribution in [1.82, 2.24) is 9.97 Å². The zero-order chi connectivity index (χ0) is 14.8. The Bertz CT molecular complexity index is 444. The van der Waals surface area contributed by atoms with Crippen LogP contribution in [0.25, 0.3) is 0 Å². The summed E-state index contributed by atoms with van der Waals surface area (Å²) in [5, 5.41) is 9.38. The summed E-state index contributed by atoms with van der Waals surface area (Å²) in [5.74, 6) is -0.665. The SMILES string of the molecule is CCC(C)(C)c1ncc([C@@H](C(=O)O)C(C)(C)C)cn1. The van der Waals surface area contributed by atoms with Crippen LogP contribution in [0.2, 0.25) is 0 Å². The lowest BCUT2D eigenvalue weighted by molar-refractivity contribution is -0.141. The van der Waals surface area contributed by atoms with E-state index in [2.05, 4.69) is 30.7 Å². The van der Waals surface area contributed by atoms with Crippen LogP contribution in [0.3, 0.4) is 0 Å². The smallest absolute Gasteiger partial charge is 0.311 e. The van der Waals surface area contributed by atoms with E-state index in [0.29, 0.717) is 5.56 Å². The maximum absolute atomic E-state index is 11.4. The van der Waals surface area contributed by atoms with E-state index in [0.717, 1.165) is 12.2 Å². The highest BCUT2D eigenvalue weighted by Crippen LogP contribution is 2.35. The lowest BCUT2D eigenvalue weighted by atomic mass is 9.77. The van der Waals surface area contributed by atoms with Crippen molar-refractivity contribution in [2.24, 2.45) is 5.41 Å². The van der Waals surface area contributed by atoms with Crippen LogP contribution in [0.5, 0.6) is 0 Å². The van der Waals surface area contributed by atoms with Crippen molar-refractivity contribution in [3.05, 3.63) is 23.8 Å². The quantitative estimate of drug-likeness (QED) is 0.905. The lowest BCUT2D eigenvalue weighted by Crippen LogP contribution is -2.27. The van der Waals surface area contributed by atoms with Crippen LogP contribution in [-0.4, -0.2) is 21.0 Å². The van der Waals surface area contributed by atoms with Crippen LogP contribution >= 0.6 is 0 Å². The summed E-state index contributed by atoms with van der Waals surface area (Å²) in [6, 6.07) is 0. The van der Waals surface area contributed by atoms with Crippen molar-refractivity contribution >= 4 is 5.97 Å². The summed E-state index contributed by atoms with van der Waals surface area (Å²) < 4.78 is 0. The van der Waals surface area contributed by atoms with Gasteiger partial charge < -0.3 is 5.11 Å². The Hall–Kier alpha value is -1.45. The van der Waals surface area contributed by atoms with Crippen LogP contribution in [0.1, 0.15) is 65.3 Å². The number of hydrogen-bond donors (Lipinski definition) is 1. The minimum atomic E-state index is -0.835. The van der Waals surface area contributed by atoms with E-state index in [-0.39, 0.29) is 10.8 Å². The highest BCUT2D eigenvalue weighted by Gasteiger charge is 2.33. The molecule has 4 nitrogen and oxygen atoms in total. The molecule has 1 N–H and O–H groups in total. The van der Waals surface area contributed by atoms with Gasteiger partial charge in [0.2, 0.25) is 0 Å². The van der Waals surface area contributed by atoms with E-state index in [1.807, 2.05) is 20.8 Å². The van der Waals surface area contributed by atoms with Gasteiger partial charge in [-0.3, -0.25) is 4.79 Å². The Balaban J connectivity index is 3.14. The van der Waals surface area contributed by atoms with Crippen molar-refractivity contribution < 1.29 is 9.90 Å². The predicted octanol–water partition coefficient (Wildman–Crippen LogP) is 3.38. The molecule has 0 amide bonds. The van der Waals surface area contributed by atoms with E-state index in [9.17, 15) is 9.90 Å². The van der Waals surface area contributed by atoms with Gasteiger partial charge in [0.05, 0.1) is 5.92 Å². The molecular formula is C15H24N2O2. The molecule has 4 heteroatoms. The highest BCUT2D eigenvalue weighted by molar-refractivity contribution is 5.76. The number of hydrogen-bond acceptors (Lipinski definition) is 3. The predicted molar refractivity (Wildman–Crippen MR) is 75.2 cm³/mol. The molecule has 0 unspecified atom stereocenters. The second-order valence-corrected chi connectivity index (χ2v) is 6.71. The summed E-state index contributed by atoms with van der Waals surface area (Å²) in [7, 11) is 0. The molecule has 0 radical (unpaired) electrons. The molecule has 1 aromatic heterocycles. The third kappa shape index (κ3) is 3.52. The van der Waals surface area contributed by atoms with Crippen LogP contribution in [0, 0.1) is 5.41 Å². The van der Waals surface area contributed by atoms with E-state index >= 15 is 0 Å². The summed E-state index contributed by atoms with van der Waals surface area (Å²) in [6.45, 7) is 12.0. The second-order valence-electron chi connectivity index (χ2n) is 6.71. The molecule has 0 aliphatic rings. The molecule has 0 aliphatic heterocycles. The Morgan fingerprint density at radius 3 is 2.00 bits per heavy atom. The zero-order valence-electron chi connectivity index (χ0n) is 12.7. The largest absolute Gasteiger partial charge is 0.481 e. The molecule has 0 spiro atoms. The average molecular weight is 264 g/mol. The molecule has 0 aliphatic carbocycles. The minimum Gasteiger partial charge on any atom is -0.481 e. The molecule has 1 atom stereocenters. The molecule has 0 bridgehead atoms. The van der Waals surface area contributed by atoms with Crippen molar-refractivity contribution in [3.8, 4) is 0 Å². The second kappa shape index (κ2) is 5.27. The van der Waals surface area contributed by atoms with Gasteiger partial charge in [0.15, 0.2) is 0 Å². The first-order valence-electron chi connectivity index (χ1n) is 6.65. The third-order valence-corrected chi connectivity index (χ3v) is 3.61. The molecule has 19 heavy (non-hydrogen) atoms. The van der Waals surface area contributed by atoms with Gasteiger partial charge >= 0.3 is 5.97 Å². The topological polar surface area (TPSA) is 63.1 Å². The maximum Gasteiger partial charge on any atom is 0.311 e. The van der Waals surface area contributed by atoms with E-state index < -0.39 is 11.9 Å². The number of aromatic nitrogens is 2. The monoisotopic (exact) mass is 264 g/mol. The first-order chi connectivity index (χ1) is 8.59.